The van der Waals surface area contributed by atoms with E-state index in [0.717, 1.165) is 38.8 Å². The van der Waals surface area contributed by atoms with Gasteiger partial charge in [-0.3, -0.25) is 20.0 Å². The van der Waals surface area contributed by atoms with Crippen LogP contribution in [0.1, 0.15) is 30.8 Å². The van der Waals surface area contributed by atoms with Crippen LogP contribution in [-0.2, 0) is 16.0 Å². The van der Waals surface area contributed by atoms with Crippen LogP contribution in [0, 0.1) is 0 Å². The van der Waals surface area contributed by atoms with Gasteiger partial charge >= 0.3 is 12.1 Å². The second kappa shape index (κ2) is 10.0. The largest absolute Gasteiger partial charge is 0.471 e. The Morgan fingerprint density at radius 1 is 1.05 bits per heavy atom. The first kappa shape index (κ1) is 26.7. The van der Waals surface area contributed by atoms with Gasteiger partial charge in [0.05, 0.1) is 16.6 Å². The van der Waals surface area contributed by atoms with E-state index in [-0.39, 0.29) is 18.6 Å². The third-order valence-corrected chi connectivity index (χ3v) is 8.04. The van der Waals surface area contributed by atoms with Crippen molar-refractivity contribution in [1.29, 1.82) is 0 Å². The predicted molar refractivity (Wildman–Crippen MR) is 151 cm³/mol. The molecule has 1 aromatic carbocycles. The summed E-state index contributed by atoms with van der Waals surface area (Å²) >= 11 is 0. The molecule has 0 unspecified atom stereocenters. The highest BCUT2D eigenvalue weighted by Gasteiger charge is 2.51. The lowest BCUT2D eigenvalue weighted by atomic mass is 9.69. The van der Waals surface area contributed by atoms with Crippen molar-refractivity contribution in [3.8, 4) is 11.1 Å². The van der Waals surface area contributed by atoms with Crippen molar-refractivity contribution < 1.29 is 22.8 Å². The Labute approximate surface area is 243 Å². The first-order chi connectivity index (χ1) is 20.7. The number of rotatable bonds is 4. The highest BCUT2D eigenvalue weighted by molar-refractivity contribution is 6.01. The molecular formula is C31H24F3N7O2. The van der Waals surface area contributed by atoms with Gasteiger partial charge in [0.15, 0.2) is 11.7 Å². The maximum Gasteiger partial charge on any atom is 0.471 e. The highest BCUT2D eigenvalue weighted by atomic mass is 19.4. The summed E-state index contributed by atoms with van der Waals surface area (Å²) in [7, 11) is 0. The van der Waals surface area contributed by atoms with Crippen molar-refractivity contribution in [2.45, 2.75) is 37.4 Å². The number of hydrogen-bond donors (Lipinski definition) is 2. The van der Waals surface area contributed by atoms with Crippen molar-refractivity contribution >= 4 is 28.9 Å². The number of Topliss-reactive ketones (excluding diaryl/α,β-unsaturated/α-hetero) is 1. The lowest BCUT2D eigenvalue weighted by Gasteiger charge is -2.43. The Hall–Kier alpha value is -5.13. The van der Waals surface area contributed by atoms with Gasteiger partial charge in [0.25, 0.3) is 0 Å². The fraction of sp³-hybridized carbons (Fsp3) is 0.226. The number of amides is 1. The average Bonchev–Trinajstić information content (AvgIpc) is 3.45. The van der Waals surface area contributed by atoms with Crippen LogP contribution in [0.25, 0.3) is 22.5 Å². The second-order valence-electron chi connectivity index (χ2n) is 10.8. The number of ketones is 1. The predicted octanol–water partition coefficient (Wildman–Crippen LogP) is 2.24. The van der Waals surface area contributed by atoms with Crippen LogP contribution >= 0.6 is 0 Å². The Morgan fingerprint density at radius 3 is 2.49 bits per heavy atom. The molecule has 3 aromatic rings. The van der Waals surface area contributed by atoms with Gasteiger partial charge in [-0.15, -0.1) is 0 Å². The molecule has 1 fully saturated rings. The van der Waals surface area contributed by atoms with Gasteiger partial charge in [-0.25, -0.2) is 9.97 Å². The fourth-order valence-corrected chi connectivity index (χ4v) is 5.94. The number of hydrazone groups is 1. The van der Waals surface area contributed by atoms with E-state index in [1.54, 1.807) is 30.6 Å². The monoisotopic (exact) mass is 583 g/mol. The molecule has 2 N–H and O–H groups in total. The number of benzene rings is 1. The van der Waals surface area contributed by atoms with Gasteiger partial charge in [-0.2, -0.15) is 18.3 Å². The van der Waals surface area contributed by atoms with Gasteiger partial charge in [0, 0.05) is 49.0 Å². The third-order valence-electron chi connectivity index (χ3n) is 8.04. The standard InChI is InChI=1S/C31H24F3N7O2/c32-31(33,34)29(43)38-30(16-21(42)17-30)20-9-7-19(8-10-20)25-22(18-5-2-1-3-6-18)15-23-24(37-25)11-14-41-27(23)39-40-28(41)26-35-12-4-13-36-26/h1-7,9-10,12-13,15,39H,8,11,14,16-17H2,(H,38,43). The zero-order valence-electron chi connectivity index (χ0n) is 22.7. The van der Waals surface area contributed by atoms with Crippen molar-refractivity contribution in [1.82, 2.24) is 30.6 Å². The number of nitrogens with zero attached hydrogens (tertiary/aromatic N) is 5. The quantitative estimate of drug-likeness (QED) is 0.485. The summed E-state index contributed by atoms with van der Waals surface area (Å²) in [5.74, 6) is -0.306. The Kier molecular flexibility index (Phi) is 6.22. The lowest BCUT2D eigenvalue weighted by Crippen LogP contribution is -2.61. The molecule has 0 atom stereocenters. The van der Waals surface area contributed by atoms with Crippen LogP contribution in [0.15, 0.2) is 83.8 Å². The second-order valence-corrected chi connectivity index (χ2v) is 10.8. The lowest BCUT2D eigenvalue weighted by molar-refractivity contribution is -0.176. The number of alkyl halides is 3. The van der Waals surface area contributed by atoms with Gasteiger partial charge in [0.1, 0.15) is 11.6 Å². The number of allylic oxidation sites excluding steroid dienone is 2. The number of nitrogens with one attached hydrogen (secondary N) is 2. The van der Waals surface area contributed by atoms with Gasteiger partial charge in [-0.1, -0.05) is 48.6 Å². The van der Waals surface area contributed by atoms with E-state index in [1.165, 1.54) is 0 Å². The van der Waals surface area contributed by atoms with E-state index in [4.69, 9.17) is 4.98 Å². The van der Waals surface area contributed by atoms with Crippen molar-refractivity contribution in [3.05, 3.63) is 101 Å². The van der Waals surface area contributed by atoms with E-state index in [0.29, 0.717) is 36.6 Å². The van der Waals surface area contributed by atoms with E-state index in [1.807, 2.05) is 41.3 Å². The minimum atomic E-state index is -5.04. The number of amidine groups is 1. The molecule has 4 aliphatic rings. The molecule has 216 valence electrons. The van der Waals surface area contributed by atoms with Crippen molar-refractivity contribution in [2.75, 3.05) is 6.54 Å². The molecule has 0 spiro atoms. The topological polar surface area (TPSA) is 112 Å². The summed E-state index contributed by atoms with van der Waals surface area (Å²) in [4.78, 5) is 39.5. The number of hydrogen-bond acceptors (Lipinski definition) is 8. The first-order valence-corrected chi connectivity index (χ1v) is 13.7. The van der Waals surface area contributed by atoms with E-state index in [2.05, 4.69) is 31.9 Å². The number of carbonyl (C=O) groups is 2. The van der Waals surface area contributed by atoms with Crippen LogP contribution in [-0.4, -0.2) is 55.6 Å². The normalized spacial score (nSPS) is 19.9. The van der Waals surface area contributed by atoms with E-state index >= 15 is 0 Å². The number of halogens is 3. The van der Waals surface area contributed by atoms with Crippen LogP contribution in [0.5, 0.6) is 0 Å². The maximum absolute atomic E-state index is 13.1. The number of fused-ring (bicyclic) bond motifs is 2. The van der Waals surface area contributed by atoms with Gasteiger partial charge in [0.2, 0.25) is 0 Å². The van der Waals surface area contributed by atoms with Gasteiger partial charge in [-0.05, 0) is 35.3 Å². The van der Waals surface area contributed by atoms with Gasteiger partial charge < -0.3 is 10.2 Å². The Bertz CT molecular complexity index is 1880. The van der Waals surface area contributed by atoms with Crippen LogP contribution in [0.4, 0.5) is 13.2 Å². The Balaban J connectivity index is 1.30. The maximum atomic E-state index is 13.1. The third kappa shape index (κ3) is 4.68. The van der Waals surface area contributed by atoms with E-state index in [9.17, 15) is 22.8 Å². The minimum absolute atomic E-state index is 0.174. The average molecular weight is 584 g/mol. The molecule has 0 saturated heterocycles. The number of pyridine rings is 1. The van der Waals surface area contributed by atoms with Crippen LogP contribution in [0.3, 0.4) is 0 Å². The minimum Gasteiger partial charge on any atom is -0.338 e. The summed E-state index contributed by atoms with van der Waals surface area (Å²) in [6.07, 6.45) is 4.26. The molecule has 1 saturated carbocycles. The van der Waals surface area contributed by atoms with Crippen molar-refractivity contribution in [2.24, 2.45) is 5.10 Å². The number of carbonyl (C=O) groups excluding carboxylic acids is 2. The molecule has 2 aliphatic carbocycles. The molecule has 2 aliphatic heterocycles. The van der Waals surface area contributed by atoms with Crippen LogP contribution in [0.2, 0.25) is 0 Å². The summed E-state index contributed by atoms with van der Waals surface area (Å²) in [6, 6.07) is 13.6. The van der Waals surface area contributed by atoms with Crippen molar-refractivity contribution in [3.63, 3.8) is 0 Å². The molecule has 12 heteroatoms. The molecule has 4 heterocycles. The fourth-order valence-electron chi connectivity index (χ4n) is 5.94. The zero-order valence-corrected chi connectivity index (χ0v) is 22.7. The van der Waals surface area contributed by atoms with Crippen LogP contribution < -0.4 is 21.3 Å². The molecule has 2 aromatic heterocycles. The summed E-state index contributed by atoms with van der Waals surface area (Å²) in [5.41, 5.74) is 5.86. The smallest absolute Gasteiger partial charge is 0.338 e. The Morgan fingerprint density at radius 2 is 1.81 bits per heavy atom. The first-order valence-electron chi connectivity index (χ1n) is 13.7. The summed E-state index contributed by atoms with van der Waals surface area (Å²) in [5, 5.41) is 8.24. The SMILES string of the molecule is O=C1CC(NC(=O)C(F)(F)F)(C2=CCC(=c3nc4c(cc3-c3ccccc3)=C3NN=C(c5ncccn5)N3CC4)C=C2)C1. The molecular weight excluding hydrogens is 559 g/mol. The molecule has 1 amide bonds. The highest BCUT2D eigenvalue weighted by Crippen LogP contribution is 2.39. The molecule has 43 heavy (non-hydrogen) atoms. The molecule has 0 radical (unpaired) electrons. The number of aromatic nitrogens is 3. The molecule has 7 rings (SSSR count). The molecule has 9 nitrogen and oxygen atoms in total. The summed E-state index contributed by atoms with van der Waals surface area (Å²) in [6.45, 7) is 0.619. The summed E-state index contributed by atoms with van der Waals surface area (Å²) < 4.78 is 39.2. The molecule has 0 bridgehead atoms. The zero-order chi connectivity index (χ0) is 29.8. The van der Waals surface area contributed by atoms with E-state index < -0.39 is 17.6 Å².